The van der Waals surface area contributed by atoms with Crippen LogP contribution in [0.5, 0.6) is 0 Å². The molecule has 0 aliphatic heterocycles. The first-order valence-corrected chi connectivity index (χ1v) is 6.90. The van der Waals surface area contributed by atoms with Gasteiger partial charge >= 0.3 is 5.97 Å². The number of nitrogens with zero attached hydrogens (tertiary/aromatic N) is 1. The molecule has 1 N–H and O–H groups in total. The van der Waals surface area contributed by atoms with E-state index in [-0.39, 0.29) is 11.0 Å². The summed E-state index contributed by atoms with van der Waals surface area (Å²) in [6, 6.07) is 15.1. The van der Waals surface area contributed by atoms with E-state index in [9.17, 15) is 9.90 Å². The highest BCUT2D eigenvalue weighted by molar-refractivity contribution is 6.00. The molecule has 0 amide bonds. The molecule has 1 aromatic heterocycles. The van der Waals surface area contributed by atoms with E-state index in [4.69, 9.17) is 4.42 Å². The Kier molecular flexibility index (Phi) is 2.42. The van der Waals surface area contributed by atoms with Crippen molar-refractivity contribution in [2.45, 2.75) is 18.3 Å². The largest absolute Gasteiger partial charge is 0.478 e. The third-order valence-electron chi connectivity index (χ3n) is 4.14. The molecule has 0 unspecified atom stereocenters. The summed E-state index contributed by atoms with van der Waals surface area (Å²) < 4.78 is 5.87. The maximum atomic E-state index is 11.3. The summed E-state index contributed by atoms with van der Waals surface area (Å²) in [5, 5.41) is 9.25. The molecular formula is C17H13NO3. The fourth-order valence-corrected chi connectivity index (χ4v) is 2.83. The van der Waals surface area contributed by atoms with Crippen molar-refractivity contribution in [3.8, 4) is 0 Å². The summed E-state index contributed by atoms with van der Waals surface area (Å²) in [7, 11) is 0. The summed E-state index contributed by atoms with van der Waals surface area (Å²) in [5.41, 5.74) is 2.14. The van der Waals surface area contributed by atoms with E-state index < -0.39 is 5.97 Å². The number of aromatic carboxylic acids is 1. The maximum Gasteiger partial charge on any atom is 0.338 e. The molecule has 0 spiro atoms. The number of benzene rings is 2. The highest BCUT2D eigenvalue weighted by Crippen LogP contribution is 2.53. The number of fused-ring (bicyclic) bond motifs is 1. The van der Waals surface area contributed by atoms with Crippen molar-refractivity contribution in [1.82, 2.24) is 4.98 Å². The number of oxazole rings is 1. The summed E-state index contributed by atoms with van der Waals surface area (Å²) in [4.78, 5) is 15.8. The van der Waals surface area contributed by atoms with Gasteiger partial charge in [-0.3, -0.25) is 0 Å². The van der Waals surface area contributed by atoms with Crippen LogP contribution in [0.4, 0.5) is 0 Å². The van der Waals surface area contributed by atoms with Gasteiger partial charge in [0.15, 0.2) is 5.58 Å². The van der Waals surface area contributed by atoms with E-state index in [2.05, 4.69) is 17.1 Å². The van der Waals surface area contributed by atoms with Crippen LogP contribution in [0.25, 0.3) is 11.1 Å². The van der Waals surface area contributed by atoms with Crippen molar-refractivity contribution in [1.29, 1.82) is 0 Å². The standard InChI is InChI=1S/C17H13NO3/c19-15(20)12-7-4-8-13-14(12)18-16(21-13)17(9-10-17)11-5-2-1-3-6-11/h1-8H,9-10H2,(H,19,20). The van der Waals surface area contributed by atoms with Crippen LogP contribution >= 0.6 is 0 Å². The fourth-order valence-electron chi connectivity index (χ4n) is 2.83. The summed E-state index contributed by atoms with van der Waals surface area (Å²) in [6.45, 7) is 0. The topological polar surface area (TPSA) is 63.3 Å². The number of hydrogen-bond donors (Lipinski definition) is 1. The average Bonchev–Trinajstić information content (AvgIpc) is 3.20. The Morgan fingerprint density at radius 1 is 1.10 bits per heavy atom. The second-order valence-electron chi connectivity index (χ2n) is 5.42. The predicted molar refractivity (Wildman–Crippen MR) is 77.4 cm³/mol. The molecule has 4 rings (SSSR count). The Balaban J connectivity index is 1.89. The van der Waals surface area contributed by atoms with E-state index in [1.165, 1.54) is 5.56 Å². The normalized spacial score (nSPS) is 16.0. The molecule has 1 aliphatic rings. The van der Waals surface area contributed by atoms with Gasteiger partial charge < -0.3 is 9.52 Å². The Hall–Kier alpha value is -2.62. The Morgan fingerprint density at radius 2 is 1.86 bits per heavy atom. The van der Waals surface area contributed by atoms with Crippen LogP contribution in [0, 0.1) is 0 Å². The molecule has 0 atom stereocenters. The molecule has 0 bridgehead atoms. The van der Waals surface area contributed by atoms with Gasteiger partial charge in [0.25, 0.3) is 0 Å². The highest BCUT2D eigenvalue weighted by atomic mass is 16.4. The van der Waals surface area contributed by atoms with Gasteiger partial charge in [-0.15, -0.1) is 0 Å². The first-order chi connectivity index (χ1) is 10.2. The number of carboxylic acid groups (broad SMARTS) is 1. The molecule has 0 radical (unpaired) electrons. The summed E-state index contributed by atoms with van der Waals surface area (Å²) in [6.07, 6.45) is 1.96. The second-order valence-corrected chi connectivity index (χ2v) is 5.42. The number of hydrogen-bond acceptors (Lipinski definition) is 3. The first kappa shape index (κ1) is 12.1. The van der Waals surface area contributed by atoms with Crippen LogP contribution in [-0.2, 0) is 5.41 Å². The summed E-state index contributed by atoms with van der Waals surface area (Å²) in [5.74, 6) is -0.359. The third kappa shape index (κ3) is 1.76. The molecule has 21 heavy (non-hydrogen) atoms. The van der Waals surface area contributed by atoms with Gasteiger partial charge in [-0.25, -0.2) is 9.78 Å². The van der Waals surface area contributed by atoms with Gasteiger partial charge in [-0.2, -0.15) is 0 Å². The SMILES string of the molecule is O=C(O)c1cccc2oc(C3(c4ccccc4)CC3)nc12. The van der Waals surface area contributed by atoms with Gasteiger partial charge in [0.1, 0.15) is 5.52 Å². The Morgan fingerprint density at radius 3 is 2.52 bits per heavy atom. The molecule has 3 aromatic rings. The van der Waals surface area contributed by atoms with Crippen molar-refractivity contribution in [2.24, 2.45) is 0 Å². The average molecular weight is 279 g/mol. The molecule has 1 heterocycles. The zero-order chi connectivity index (χ0) is 14.4. The van der Waals surface area contributed by atoms with Crippen LogP contribution in [0.15, 0.2) is 52.9 Å². The first-order valence-electron chi connectivity index (χ1n) is 6.90. The van der Waals surface area contributed by atoms with Crippen LogP contribution < -0.4 is 0 Å². The van der Waals surface area contributed by atoms with Gasteiger partial charge in [-0.05, 0) is 30.5 Å². The number of aromatic nitrogens is 1. The van der Waals surface area contributed by atoms with Crippen LogP contribution in [0.3, 0.4) is 0 Å². The maximum absolute atomic E-state index is 11.3. The van der Waals surface area contributed by atoms with Gasteiger partial charge in [-0.1, -0.05) is 36.4 Å². The smallest absolute Gasteiger partial charge is 0.338 e. The number of carboxylic acids is 1. The zero-order valence-corrected chi connectivity index (χ0v) is 11.2. The van der Waals surface area contributed by atoms with Gasteiger partial charge in [0, 0.05) is 0 Å². The number of rotatable bonds is 3. The predicted octanol–water partition coefficient (Wildman–Crippen LogP) is 3.61. The lowest BCUT2D eigenvalue weighted by atomic mass is 9.96. The van der Waals surface area contributed by atoms with Crippen LogP contribution in [-0.4, -0.2) is 16.1 Å². The fraction of sp³-hybridized carbons (Fsp3) is 0.176. The lowest BCUT2D eigenvalue weighted by Crippen LogP contribution is -2.08. The van der Waals surface area contributed by atoms with Crippen LogP contribution in [0.2, 0.25) is 0 Å². The van der Waals surface area contributed by atoms with E-state index in [1.54, 1.807) is 18.2 Å². The second kappa shape index (κ2) is 4.19. The molecular weight excluding hydrogens is 266 g/mol. The molecule has 2 aromatic carbocycles. The molecule has 4 heteroatoms. The van der Waals surface area contributed by atoms with Gasteiger partial charge in [0.2, 0.25) is 5.89 Å². The van der Waals surface area contributed by atoms with E-state index in [0.717, 1.165) is 12.8 Å². The minimum absolute atomic E-state index is 0.184. The number of carbonyl (C=O) groups is 1. The zero-order valence-electron chi connectivity index (χ0n) is 11.2. The molecule has 4 nitrogen and oxygen atoms in total. The molecule has 104 valence electrons. The Labute approximate surface area is 121 Å². The molecule has 1 fully saturated rings. The van der Waals surface area contributed by atoms with E-state index >= 15 is 0 Å². The van der Waals surface area contributed by atoms with Crippen LogP contribution in [0.1, 0.15) is 34.7 Å². The van der Waals surface area contributed by atoms with Crippen molar-refractivity contribution < 1.29 is 14.3 Å². The van der Waals surface area contributed by atoms with Crippen molar-refractivity contribution >= 4 is 17.1 Å². The summed E-state index contributed by atoms with van der Waals surface area (Å²) >= 11 is 0. The quantitative estimate of drug-likeness (QED) is 0.795. The third-order valence-corrected chi connectivity index (χ3v) is 4.14. The van der Waals surface area contributed by atoms with Gasteiger partial charge in [0.05, 0.1) is 11.0 Å². The lowest BCUT2D eigenvalue weighted by molar-refractivity contribution is 0.0699. The molecule has 1 aliphatic carbocycles. The molecule has 0 saturated heterocycles. The lowest BCUT2D eigenvalue weighted by Gasteiger charge is -2.10. The van der Waals surface area contributed by atoms with Crippen molar-refractivity contribution in [3.05, 3.63) is 65.5 Å². The number of para-hydroxylation sites is 1. The van der Waals surface area contributed by atoms with E-state index in [0.29, 0.717) is 17.0 Å². The highest BCUT2D eigenvalue weighted by Gasteiger charge is 2.50. The minimum Gasteiger partial charge on any atom is -0.478 e. The monoisotopic (exact) mass is 279 g/mol. The van der Waals surface area contributed by atoms with Crippen molar-refractivity contribution in [3.63, 3.8) is 0 Å². The van der Waals surface area contributed by atoms with E-state index in [1.807, 2.05) is 18.2 Å². The Bertz CT molecular complexity index is 832. The minimum atomic E-state index is -0.981. The molecule has 1 saturated carbocycles. The van der Waals surface area contributed by atoms with Crippen molar-refractivity contribution in [2.75, 3.05) is 0 Å².